The van der Waals surface area contributed by atoms with Crippen LogP contribution < -0.4 is 0 Å². The lowest BCUT2D eigenvalue weighted by Crippen LogP contribution is -2.34. The molecule has 21 heavy (non-hydrogen) atoms. The summed E-state index contributed by atoms with van der Waals surface area (Å²) in [6.07, 6.45) is 0.644. The van der Waals surface area contributed by atoms with Gasteiger partial charge in [0.2, 0.25) is 0 Å². The standard InChI is InChI=1S/C17H14F2O2/c18-14-5-1-11(2-6-14)12-9-16(20)17(21,10-12)13-3-7-15(19)8-4-13/h1-9,16,20-21H,10H2/t16-,17-/m0/s1. The molecule has 2 N–H and O–H groups in total. The van der Waals surface area contributed by atoms with Crippen LogP contribution in [0.3, 0.4) is 0 Å². The molecule has 2 aromatic carbocycles. The van der Waals surface area contributed by atoms with Crippen molar-refractivity contribution in [3.05, 3.63) is 77.4 Å². The Morgan fingerprint density at radius 2 is 1.43 bits per heavy atom. The smallest absolute Gasteiger partial charge is 0.123 e. The summed E-state index contributed by atoms with van der Waals surface area (Å²) in [5.41, 5.74) is 0.435. The van der Waals surface area contributed by atoms with Gasteiger partial charge in [-0.3, -0.25) is 0 Å². The van der Waals surface area contributed by atoms with E-state index >= 15 is 0 Å². The zero-order valence-corrected chi connectivity index (χ0v) is 11.1. The Hall–Kier alpha value is -2.04. The number of rotatable bonds is 2. The average Bonchev–Trinajstić information content (AvgIpc) is 2.77. The van der Waals surface area contributed by atoms with Gasteiger partial charge in [0.05, 0.1) is 0 Å². The molecule has 0 fully saturated rings. The van der Waals surface area contributed by atoms with Crippen molar-refractivity contribution in [1.29, 1.82) is 0 Å². The van der Waals surface area contributed by atoms with Gasteiger partial charge in [0.1, 0.15) is 23.3 Å². The van der Waals surface area contributed by atoms with Gasteiger partial charge in [0.25, 0.3) is 0 Å². The molecule has 2 nitrogen and oxygen atoms in total. The monoisotopic (exact) mass is 288 g/mol. The van der Waals surface area contributed by atoms with Gasteiger partial charge in [0.15, 0.2) is 0 Å². The Kier molecular flexibility index (Phi) is 3.35. The predicted octanol–water partition coefficient (Wildman–Crippen LogP) is 3.00. The van der Waals surface area contributed by atoms with Crippen LogP contribution in [-0.4, -0.2) is 16.3 Å². The van der Waals surface area contributed by atoms with E-state index < -0.39 is 17.5 Å². The quantitative estimate of drug-likeness (QED) is 0.892. The van der Waals surface area contributed by atoms with Crippen LogP contribution in [0.1, 0.15) is 17.5 Å². The minimum Gasteiger partial charge on any atom is -0.386 e. The van der Waals surface area contributed by atoms with Crippen LogP contribution >= 0.6 is 0 Å². The Balaban J connectivity index is 1.91. The van der Waals surface area contributed by atoms with Crippen molar-refractivity contribution in [1.82, 2.24) is 0 Å². The van der Waals surface area contributed by atoms with Gasteiger partial charge in [-0.25, -0.2) is 8.78 Å². The maximum Gasteiger partial charge on any atom is 0.123 e. The number of hydrogen-bond acceptors (Lipinski definition) is 2. The van der Waals surface area contributed by atoms with Gasteiger partial charge in [-0.15, -0.1) is 0 Å². The molecule has 0 spiro atoms. The normalized spacial score (nSPS) is 25.0. The number of benzene rings is 2. The Morgan fingerprint density at radius 3 is 2.00 bits per heavy atom. The maximum absolute atomic E-state index is 13.0. The zero-order valence-electron chi connectivity index (χ0n) is 11.1. The van der Waals surface area contributed by atoms with E-state index in [9.17, 15) is 19.0 Å². The molecular weight excluding hydrogens is 274 g/mol. The lowest BCUT2D eigenvalue weighted by atomic mass is 9.88. The van der Waals surface area contributed by atoms with E-state index in [4.69, 9.17) is 0 Å². The van der Waals surface area contributed by atoms with Crippen LogP contribution in [0.25, 0.3) is 5.57 Å². The maximum atomic E-state index is 13.0. The molecule has 0 amide bonds. The minimum atomic E-state index is -1.49. The van der Waals surface area contributed by atoms with Crippen LogP contribution in [0.5, 0.6) is 0 Å². The number of hydrogen-bond donors (Lipinski definition) is 2. The topological polar surface area (TPSA) is 40.5 Å². The second kappa shape index (κ2) is 5.06. The third-order valence-electron chi connectivity index (χ3n) is 3.87. The highest BCUT2D eigenvalue weighted by Crippen LogP contribution is 2.42. The fourth-order valence-electron chi connectivity index (χ4n) is 2.66. The van der Waals surface area contributed by atoms with Crippen LogP contribution in [0.2, 0.25) is 0 Å². The van der Waals surface area contributed by atoms with Gasteiger partial charge < -0.3 is 10.2 Å². The molecule has 0 unspecified atom stereocenters. The molecule has 0 saturated heterocycles. The van der Waals surface area contributed by atoms with Crippen LogP contribution in [0.4, 0.5) is 8.78 Å². The minimum absolute atomic E-state index is 0.186. The van der Waals surface area contributed by atoms with Crippen molar-refractivity contribution in [2.75, 3.05) is 0 Å². The first-order valence-corrected chi connectivity index (χ1v) is 6.62. The Morgan fingerprint density at radius 1 is 0.905 bits per heavy atom. The molecule has 2 aromatic rings. The summed E-state index contributed by atoms with van der Waals surface area (Å²) in [5.74, 6) is -0.742. The molecule has 0 saturated carbocycles. The first-order valence-electron chi connectivity index (χ1n) is 6.62. The summed E-state index contributed by atoms with van der Waals surface area (Å²) in [4.78, 5) is 0. The summed E-state index contributed by atoms with van der Waals surface area (Å²) < 4.78 is 25.9. The molecule has 3 rings (SSSR count). The molecule has 0 aromatic heterocycles. The molecule has 1 aliphatic rings. The average molecular weight is 288 g/mol. The van der Waals surface area contributed by atoms with E-state index in [1.54, 1.807) is 18.2 Å². The van der Waals surface area contributed by atoms with E-state index in [-0.39, 0.29) is 12.2 Å². The Bertz CT molecular complexity index is 677. The van der Waals surface area contributed by atoms with Gasteiger partial charge >= 0.3 is 0 Å². The summed E-state index contributed by atoms with van der Waals surface area (Å²) in [6.45, 7) is 0. The second-order valence-electron chi connectivity index (χ2n) is 5.25. The van der Waals surface area contributed by atoms with E-state index in [1.807, 2.05) is 0 Å². The highest BCUT2D eigenvalue weighted by Gasteiger charge is 2.42. The van der Waals surface area contributed by atoms with Crippen molar-refractivity contribution >= 4 is 5.57 Å². The van der Waals surface area contributed by atoms with E-state index in [1.165, 1.54) is 36.4 Å². The molecule has 0 radical (unpaired) electrons. The summed E-state index contributed by atoms with van der Waals surface area (Å²) in [7, 11) is 0. The first-order chi connectivity index (χ1) is 9.99. The lowest BCUT2D eigenvalue weighted by Gasteiger charge is -2.27. The van der Waals surface area contributed by atoms with Crippen LogP contribution in [0.15, 0.2) is 54.6 Å². The molecule has 0 heterocycles. The van der Waals surface area contributed by atoms with E-state index in [0.717, 1.165) is 11.1 Å². The van der Waals surface area contributed by atoms with Crippen molar-refractivity contribution in [3.63, 3.8) is 0 Å². The van der Waals surface area contributed by atoms with E-state index in [2.05, 4.69) is 0 Å². The van der Waals surface area contributed by atoms with Crippen LogP contribution in [0, 0.1) is 11.6 Å². The fraction of sp³-hybridized carbons (Fsp3) is 0.176. The largest absolute Gasteiger partial charge is 0.386 e. The molecule has 2 atom stereocenters. The van der Waals surface area contributed by atoms with Crippen LogP contribution in [-0.2, 0) is 5.60 Å². The molecule has 0 bridgehead atoms. The molecule has 108 valence electrons. The molecule has 0 aliphatic heterocycles. The highest BCUT2D eigenvalue weighted by molar-refractivity contribution is 5.70. The summed E-state index contributed by atoms with van der Waals surface area (Å²) >= 11 is 0. The zero-order chi connectivity index (χ0) is 15.0. The second-order valence-corrected chi connectivity index (χ2v) is 5.25. The molecular formula is C17H14F2O2. The number of aliphatic hydroxyl groups is 2. The fourth-order valence-corrected chi connectivity index (χ4v) is 2.66. The van der Waals surface area contributed by atoms with Gasteiger partial charge in [0, 0.05) is 6.42 Å². The summed E-state index contributed by atoms with van der Waals surface area (Å²) in [6, 6.07) is 11.3. The van der Waals surface area contributed by atoms with Crippen molar-refractivity contribution in [2.24, 2.45) is 0 Å². The highest BCUT2D eigenvalue weighted by atomic mass is 19.1. The Labute approximate surface area is 121 Å². The van der Waals surface area contributed by atoms with E-state index in [0.29, 0.717) is 5.56 Å². The summed E-state index contributed by atoms with van der Waals surface area (Å²) in [5, 5.41) is 20.9. The lowest BCUT2D eigenvalue weighted by molar-refractivity contribution is -0.0450. The number of halogens is 2. The third kappa shape index (κ3) is 2.48. The molecule has 4 heteroatoms. The first kappa shape index (κ1) is 13.9. The van der Waals surface area contributed by atoms with Gasteiger partial charge in [-0.2, -0.15) is 0 Å². The predicted molar refractivity (Wildman–Crippen MR) is 75.3 cm³/mol. The van der Waals surface area contributed by atoms with Crippen molar-refractivity contribution in [2.45, 2.75) is 18.1 Å². The molecule has 1 aliphatic carbocycles. The van der Waals surface area contributed by atoms with Crippen molar-refractivity contribution in [3.8, 4) is 0 Å². The van der Waals surface area contributed by atoms with Gasteiger partial charge in [-0.1, -0.05) is 24.3 Å². The SMILES string of the molecule is O[C@H]1C=C(c2ccc(F)cc2)C[C@]1(O)c1ccc(F)cc1. The third-order valence-corrected chi connectivity index (χ3v) is 3.87. The van der Waals surface area contributed by atoms with Gasteiger partial charge in [-0.05, 0) is 47.0 Å². The van der Waals surface area contributed by atoms with Crippen molar-refractivity contribution < 1.29 is 19.0 Å². The number of aliphatic hydroxyl groups excluding tert-OH is 1.